The molecular formula is C29H40N4O4SSi. The van der Waals surface area contributed by atoms with E-state index >= 15 is 0 Å². The van der Waals surface area contributed by atoms with Gasteiger partial charge in [-0.25, -0.2) is 22.4 Å². The minimum Gasteiger partial charge on any atom is -0.416 e. The smallest absolute Gasteiger partial charge is 0.269 e. The van der Waals surface area contributed by atoms with Crippen molar-refractivity contribution in [3.8, 4) is 0 Å². The minimum absolute atomic E-state index is 0.124. The second-order valence-electron chi connectivity index (χ2n) is 12.3. The summed E-state index contributed by atoms with van der Waals surface area (Å²) in [7, 11) is -5.71. The third kappa shape index (κ3) is 5.19. The van der Waals surface area contributed by atoms with Crippen LogP contribution in [0.15, 0.2) is 53.7 Å². The Morgan fingerprint density at radius 1 is 1.08 bits per heavy atom. The topological polar surface area (TPSA) is 99.2 Å². The molecule has 1 N–H and O–H groups in total. The molecule has 0 unspecified atom stereocenters. The zero-order valence-corrected chi connectivity index (χ0v) is 25.4. The molecule has 0 amide bonds. The molecule has 39 heavy (non-hydrogen) atoms. The fourth-order valence-electron chi connectivity index (χ4n) is 5.36. The van der Waals surface area contributed by atoms with Crippen LogP contribution in [0, 0.1) is 5.92 Å². The van der Waals surface area contributed by atoms with Gasteiger partial charge in [0, 0.05) is 37.3 Å². The maximum Gasteiger partial charge on any atom is 0.269 e. The molecule has 4 aromatic rings. The number of nitrogens with zero attached hydrogens (tertiary/aromatic N) is 4. The molecule has 3 aromatic heterocycles. The van der Waals surface area contributed by atoms with Crippen LogP contribution in [0.1, 0.15) is 58.3 Å². The Hall–Kier alpha value is -2.53. The standard InChI is InChI=1S/C29H40N4O4SSi/c1-29(2,3)39(4,5)37-18-16-26-31-25-19-30-28-24(27(25)33(26)22-13-11-21(20-34)12-14-22)15-17-32(28)38(35,36)23-9-7-6-8-10-23/h6-10,15,17,19,21-22,34H,11-14,16,18,20H2,1-5H3. The summed E-state index contributed by atoms with van der Waals surface area (Å²) in [5.41, 5.74) is 2.10. The van der Waals surface area contributed by atoms with Crippen molar-refractivity contribution >= 4 is 40.4 Å². The summed E-state index contributed by atoms with van der Waals surface area (Å²) in [6.07, 6.45) is 7.77. The van der Waals surface area contributed by atoms with Crippen LogP contribution in [0.5, 0.6) is 0 Å². The number of aliphatic hydroxyl groups is 1. The molecule has 1 fully saturated rings. The molecule has 210 valence electrons. The molecule has 1 aromatic carbocycles. The molecule has 3 heterocycles. The summed E-state index contributed by atoms with van der Waals surface area (Å²) < 4.78 is 37.1. The Kier molecular flexibility index (Phi) is 7.51. The number of imidazole rings is 1. The molecular weight excluding hydrogens is 528 g/mol. The Morgan fingerprint density at radius 2 is 1.77 bits per heavy atom. The molecule has 0 atom stereocenters. The molecule has 5 rings (SSSR count). The van der Waals surface area contributed by atoms with E-state index < -0.39 is 18.3 Å². The highest BCUT2D eigenvalue weighted by Crippen LogP contribution is 2.39. The molecule has 1 saturated carbocycles. The normalized spacial score (nSPS) is 19.2. The highest BCUT2D eigenvalue weighted by atomic mass is 32.2. The first kappa shape index (κ1) is 28.0. The van der Waals surface area contributed by atoms with Gasteiger partial charge in [-0.3, -0.25) is 0 Å². The van der Waals surface area contributed by atoms with Crippen LogP contribution in [0.25, 0.3) is 22.1 Å². The third-order valence-electron chi connectivity index (χ3n) is 8.74. The van der Waals surface area contributed by atoms with E-state index in [1.54, 1.807) is 42.7 Å². The Labute approximate surface area is 232 Å². The van der Waals surface area contributed by atoms with Crippen molar-refractivity contribution in [2.75, 3.05) is 13.2 Å². The van der Waals surface area contributed by atoms with E-state index in [9.17, 15) is 13.5 Å². The first-order valence-corrected chi connectivity index (χ1v) is 18.2. The lowest BCUT2D eigenvalue weighted by atomic mass is 9.86. The van der Waals surface area contributed by atoms with Gasteiger partial charge in [0.25, 0.3) is 10.0 Å². The number of benzene rings is 1. The molecule has 10 heteroatoms. The molecule has 0 saturated heterocycles. The van der Waals surface area contributed by atoms with E-state index in [0.717, 1.165) is 47.9 Å². The van der Waals surface area contributed by atoms with Crippen LogP contribution in [0.2, 0.25) is 18.1 Å². The van der Waals surface area contributed by atoms with Crippen LogP contribution >= 0.6 is 0 Å². The first-order valence-electron chi connectivity index (χ1n) is 13.9. The van der Waals surface area contributed by atoms with E-state index in [2.05, 4.69) is 43.4 Å². The van der Waals surface area contributed by atoms with Crippen molar-refractivity contribution in [1.29, 1.82) is 0 Å². The largest absolute Gasteiger partial charge is 0.416 e. The lowest BCUT2D eigenvalue weighted by molar-refractivity contribution is 0.168. The van der Waals surface area contributed by atoms with E-state index in [-0.39, 0.29) is 22.6 Å². The van der Waals surface area contributed by atoms with Gasteiger partial charge < -0.3 is 14.1 Å². The summed E-state index contributed by atoms with van der Waals surface area (Å²) >= 11 is 0. The van der Waals surface area contributed by atoms with Crippen LogP contribution in [0.4, 0.5) is 0 Å². The number of aromatic nitrogens is 4. The Balaban J connectivity index is 1.59. The molecule has 0 aliphatic heterocycles. The van der Waals surface area contributed by atoms with Gasteiger partial charge in [0.05, 0.1) is 16.6 Å². The van der Waals surface area contributed by atoms with Gasteiger partial charge in [-0.1, -0.05) is 39.0 Å². The summed E-state index contributed by atoms with van der Waals surface area (Å²) in [5.74, 6) is 1.28. The summed E-state index contributed by atoms with van der Waals surface area (Å²) in [6, 6.07) is 10.5. The van der Waals surface area contributed by atoms with Gasteiger partial charge >= 0.3 is 0 Å². The van der Waals surface area contributed by atoms with Crippen molar-refractivity contribution in [1.82, 2.24) is 18.5 Å². The number of aliphatic hydroxyl groups excluding tert-OH is 1. The van der Waals surface area contributed by atoms with Crippen molar-refractivity contribution in [2.45, 2.75) is 81.9 Å². The van der Waals surface area contributed by atoms with E-state index in [1.807, 2.05) is 6.07 Å². The van der Waals surface area contributed by atoms with Gasteiger partial charge in [0.2, 0.25) is 0 Å². The average molecular weight is 569 g/mol. The van der Waals surface area contributed by atoms with Crippen molar-refractivity contribution in [2.24, 2.45) is 5.92 Å². The van der Waals surface area contributed by atoms with Crippen LogP contribution in [-0.2, 0) is 20.9 Å². The molecule has 0 spiro atoms. The van der Waals surface area contributed by atoms with Gasteiger partial charge in [-0.15, -0.1) is 0 Å². The summed E-state index contributed by atoms with van der Waals surface area (Å²) in [4.78, 5) is 9.83. The van der Waals surface area contributed by atoms with Gasteiger partial charge in [0.1, 0.15) is 11.3 Å². The van der Waals surface area contributed by atoms with E-state index in [1.165, 1.54) is 3.97 Å². The summed E-state index contributed by atoms with van der Waals surface area (Å²) in [6.45, 7) is 12.1. The predicted octanol–water partition coefficient (Wildman–Crippen LogP) is 5.91. The number of hydrogen-bond acceptors (Lipinski definition) is 6. The summed E-state index contributed by atoms with van der Waals surface area (Å²) in [5, 5.41) is 10.6. The SMILES string of the molecule is CC(C)(C)[Si](C)(C)OCCc1nc2cnc3c(ccn3S(=O)(=O)c3ccccc3)c2n1C1CCC(CO)CC1. The zero-order chi connectivity index (χ0) is 28.0. The highest BCUT2D eigenvalue weighted by molar-refractivity contribution is 7.90. The number of fused-ring (bicyclic) bond motifs is 3. The first-order chi connectivity index (χ1) is 18.4. The van der Waals surface area contributed by atoms with Crippen LogP contribution in [-0.4, -0.2) is 53.6 Å². The third-order valence-corrected chi connectivity index (χ3v) is 15.0. The predicted molar refractivity (Wildman–Crippen MR) is 157 cm³/mol. The van der Waals surface area contributed by atoms with Crippen LogP contribution in [0.3, 0.4) is 0 Å². The Bertz CT molecular complexity index is 1560. The Morgan fingerprint density at radius 3 is 2.41 bits per heavy atom. The lowest BCUT2D eigenvalue weighted by Gasteiger charge is -2.36. The second kappa shape index (κ2) is 10.5. The maximum absolute atomic E-state index is 13.5. The quantitative estimate of drug-likeness (QED) is 0.265. The van der Waals surface area contributed by atoms with Gasteiger partial charge in [-0.05, 0) is 67.9 Å². The van der Waals surface area contributed by atoms with Gasteiger partial charge in [0.15, 0.2) is 14.0 Å². The number of pyridine rings is 1. The van der Waals surface area contributed by atoms with Crippen molar-refractivity contribution in [3.05, 3.63) is 54.6 Å². The maximum atomic E-state index is 13.5. The van der Waals surface area contributed by atoms with Crippen molar-refractivity contribution in [3.63, 3.8) is 0 Å². The van der Waals surface area contributed by atoms with E-state index in [0.29, 0.717) is 24.6 Å². The molecule has 8 nitrogen and oxygen atoms in total. The number of hydrogen-bond donors (Lipinski definition) is 1. The molecule has 0 radical (unpaired) electrons. The van der Waals surface area contributed by atoms with E-state index in [4.69, 9.17) is 9.41 Å². The molecule has 0 bridgehead atoms. The zero-order valence-electron chi connectivity index (χ0n) is 23.6. The fourth-order valence-corrected chi connectivity index (χ4v) is 7.73. The average Bonchev–Trinajstić information content (AvgIpc) is 3.50. The molecule has 1 aliphatic rings. The van der Waals surface area contributed by atoms with Crippen molar-refractivity contribution < 1.29 is 18.0 Å². The lowest BCUT2D eigenvalue weighted by Crippen LogP contribution is -2.41. The van der Waals surface area contributed by atoms with Gasteiger partial charge in [-0.2, -0.15) is 0 Å². The molecule has 1 aliphatic carbocycles. The minimum atomic E-state index is -3.80. The highest BCUT2D eigenvalue weighted by Gasteiger charge is 2.37. The monoisotopic (exact) mass is 568 g/mol. The fraction of sp³-hybridized carbons (Fsp3) is 0.517. The number of rotatable bonds is 8. The van der Waals surface area contributed by atoms with Crippen LogP contribution < -0.4 is 0 Å². The second-order valence-corrected chi connectivity index (χ2v) is 18.9.